The lowest BCUT2D eigenvalue weighted by molar-refractivity contribution is 0.293. The fraction of sp³-hybridized carbons (Fsp3) is 0.500. The highest BCUT2D eigenvalue weighted by Gasteiger charge is 2.35. The van der Waals surface area contributed by atoms with Gasteiger partial charge < -0.3 is 19.1 Å². The molecule has 0 radical (unpaired) electrons. The topological polar surface area (TPSA) is 54.7 Å². The minimum absolute atomic E-state index is 0.225. The number of hydrogen-bond acceptors (Lipinski definition) is 5. The molecule has 2 aromatic rings. The molecule has 1 unspecified atom stereocenters. The van der Waals surface area contributed by atoms with Gasteiger partial charge >= 0.3 is 0 Å². The smallest absolute Gasteiger partial charge is 0.160 e. The lowest BCUT2D eigenvalue weighted by atomic mass is 9.70. The third-order valence-corrected chi connectivity index (χ3v) is 6.13. The zero-order chi connectivity index (χ0) is 22.9. The molecule has 0 N–H and O–H groups in total. The SMILES string of the molecule is COc1ccc(C(C#N)(CCCN(C)CCc2ccc(OC)c(OC)c2)C(C)C)cc1. The van der Waals surface area contributed by atoms with Crippen molar-refractivity contribution in [2.24, 2.45) is 5.92 Å². The standard InChI is InChI=1S/C26H36N2O3/c1-20(2)26(19-27,22-9-11-23(29-4)12-10-22)15-7-16-28(3)17-14-21-8-13-24(30-5)25(18-21)31-6/h8-13,18,20H,7,14-17H2,1-6H3. The van der Waals surface area contributed by atoms with Gasteiger partial charge in [-0.15, -0.1) is 0 Å². The van der Waals surface area contributed by atoms with Crippen LogP contribution >= 0.6 is 0 Å². The molecule has 0 aromatic heterocycles. The average molecular weight is 425 g/mol. The van der Waals surface area contributed by atoms with Crippen LogP contribution in [-0.2, 0) is 11.8 Å². The van der Waals surface area contributed by atoms with Crippen LogP contribution in [0.2, 0.25) is 0 Å². The van der Waals surface area contributed by atoms with Crippen LogP contribution in [0.5, 0.6) is 17.2 Å². The summed E-state index contributed by atoms with van der Waals surface area (Å²) in [4.78, 5) is 2.33. The molecule has 2 aromatic carbocycles. The molecule has 5 nitrogen and oxygen atoms in total. The molecule has 0 saturated heterocycles. The Bertz CT molecular complexity index is 858. The lowest BCUT2D eigenvalue weighted by Crippen LogP contribution is -2.32. The van der Waals surface area contributed by atoms with Crippen LogP contribution < -0.4 is 14.2 Å². The van der Waals surface area contributed by atoms with Crippen LogP contribution in [0.15, 0.2) is 42.5 Å². The van der Waals surface area contributed by atoms with Crippen molar-refractivity contribution in [2.75, 3.05) is 41.5 Å². The maximum atomic E-state index is 10.1. The van der Waals surface area contributed by atoms with E-state index in [1.807, 2.05) is 36.4 Å². The van der Waals surface area contributed by atoms with Crippen LogP contribution in [0.1, 0.15) is 37.8 Å². The highest BCUT2D eigenvalue weighted by Crippen LogP contribution is 2.37. The predicted molar refractivity (Wildman–Crippen MR) is 125 cm³/mol. The van der Waals surface area contributed by atoms with E-state index in [9.17, 15) is 5.26 Å². The molecule has 1 atom stereocenters. The summed E-state index contributed by atoms with van der Waals surface area (Å²) in [6, 6.07) is 16.7. The van der Waals surface area contributed by atoms with Gasteiger partial charge in [0.05, 0.1) is 32.8 Å². The van der Waals surface area contributed by atoms with E-state index in [-0.39, 0.29) is 5.92 Å². The number of nitrogens with zero attached hydrogens (tertiary/aromatic N) is 2. The van der Waals surface area contributed by atoms with E-state index in [1.165, 1.54) is 5.56 Å². The molecule has 0 spiro atoms. The van der Waals surface area contributed by atoms with Gasteiger partial charge in [0.1, 0.15) is 5.75 Å². The molecule has 5 heteroatoms. The molecule has 0 aliphatic rings. The van der Waals surface area contributed by atoms with E-state index in [4.69, 9.17) is 14.2 Å². The summed E-state index contributed by atoms with van der Waals surface area (Å²) in [5.41, 5.74) is 1.80. The largest absolute Gasteiger partial charge is 0.497 e. The Morgan fingerprint density at radius 3 is 2.16 bits per heavy atom. The number of likely N-dealkylation sites (N-methyl/N-ethyl adjacent to an activating group) is 1. The van der Waals surface area contributed by atoms with Gasteiger partial charge in [-0.25, -0.2) is 0 Å². The first-order valence-corrected chi connectivity index (χ1v) is 10.9. The molecule has 0 bridgehead atoms. The summed E-state index contributed by atoms with van der Waals surface area (Å²) in [7, 11) is 7.10. The number of methoxy groups -OCH3 is 3. The van der Waals surface area contributed by atoms with E-state index < -0.39 is 5.41 Å². The van der Waals surface area contributed by atoms with Crippen molar-refractivity contribution >= 4 is 0 Å². The van der Waals surface area contributed by atoms with E-state index in [2.05, 4.69) is 37.9 Å². The minimum atomic E-state index is -0.490. The third-order valence-electron chi connectivity index (χ3n) is 6.13. The summed E-state index contributed by atoms with van der Waals surface area (Å²) in [5.74, 6) is 2.55. The minimum Gasteiger partial charge on any atom is -0.497 e. The van der Waals surface area contributed by atoms with Crippen LogP contribution in [0.25, 0.3) is 0 Å². The number of ether oxygens (including phenoxy) is 3. The first-order chi connectivity index (χ1) is 14.9. The van der Waals surface area contributed by atoms with Crippen LogP contribution in [0.4, 0.5) is 0 Å². The molecular weight excluding hydrogens is 388 g/mol. The lowest BCUT2D eigenvalue weighted by Gasteiger charge is -2.32. The third kappa shape index (κ3) is 6.15. The Labute approximate surface area is 187 Å². The van der Waals surface area contributed by atoms with Crippen molar-refractivity contribution in [3.05, 3.63) is 53.6 Å². The van der Waals surface area contributed by atoms with Gasteiger partial charge in [0.25, 0.3) is 0 Å². The number of nitriles is 1. The van der Waals surface area contributed by atoms with Crippen molar-refractivity contribution < 1.29 is 14.2 Å². The van der Waals surface area contributed by atoms with Crippen LogP contribution in [0.3, 0.4) is 0 Å². The molecule has 0 aliphatic carbocycles. The zero-order valence-electron chi connectivity index (χ0n) is 19.8. The average Bonchev–Trinajstić information content (AvgIpc) is 2.80. The number of rotatable bonds is 12. The van der Waals surface area contributed by atoms with E-state index in [1.54, 1.807) is 21.3 Å². The van der Waals surface area contributed by atoms with Crippen LogP contribution in [-0.4, -0.2) is 46.4 Å². The maximum absolute atomic E-state index is 10.1. The second-order valence-electron chi connectivity index (χ2n) is 8.31. The van der Waals surface area contributed by atoms with Gasteiger partial charge in [0, 0.05) is 6.54 Å². The predicted octanol–water partition coefficient (Wildman–Crippen LogP) is 5.08. The van der Waals surface area contributed by atoms with Gasteiger partial charge in [-0.3, -0.25) is 0 Å². The Morgan fingerprint density at radius 1 is 0.935 bits per heavy atom. The molecule has 2 rings (SSSR count). The maximum Gasteiger partial charge on any atom is 0.160 e. The van der Waals surface area contributed by atoms with Crippen molar-refractivity contribution in [1.82, 2.24) is 4.90 Å². The van der Waals surface area contributed by atoms with Crippen molar-refractivity contribution in [1.29, 1.82) is 5.26 Å². The number of benzene rings is 2. The summed E-state index contributed by atoms with van der Waals surface area (Å²) in [6.45, 7) is 6.15. The summed E-state index contributed by atoms with van der Waals surface area (Å²) >= 11 is 0. The van der Waals surface area contributed by atoms with E-state index in [0.29, 0.717) is 0 Å². The molecule has 31 heavy (non-hydrogen) atoms. The summed E-state index contributed by atoms with van der Waals surface area (Å²) < 4.78 is 16.0. The van der Waals surface area contributed by atoms with Gasteiger partial charge in [0.15, 0.2) is 11.5 Å². The molecule has 168 valence electrons. The molecule has 0 saturated carbocycles. The first-order valence-electron chi connectivity index (χ1n) is 10.9. The van der Waals surface area contributed by atoms with Crippen molar-refractivity contribution in [3.8, 4) is 23.3 Å². The molecule has 0 amide bonds. The fourth-order valence-electron chi connectivity index (χ4n) is 4.00. The van der Waals surface area contributed by atoms with Crippen molar-refractivity contribution in [3.63, 3.8) is 0 Å². The Hall–Kier alpha value is -2.71. The van der Waals surface area contributed by atoms with Crippen LogP contribution in [0, 0.1) is 17.2 Å². The molecule has 0 fully saturated rings. The van der Waals surface area contributed by atoms with Gasteiger partial charge in [0.2, 0.25) is 0 Å². The van der Waals surface area contributed by atoms with Crippen molar-refractivity contribution in [2.45, 2.75) is 38.5 Å². The molecular formula is C26H36N2O3. The molecule has 0 heterocycles. The summed E-state index contributed by atoms with van der Waals surface area (Å²) in [6.07, 6.45) is 2.72. The highest BCUT2D eigenvalue weighted by atomic mass is 16.5. The summed E-state index contributed by atoms with van der Waals surface area (Å²) in [5, 5.41) is 10.1. The Kier molecular flexibility index (Phi) is 9.21. The fourth-order valence-corrected chi connectivity index (χ4v) is 4.00. The monoisotopic (exact) mass is 424 g/mol. The number of hydrogen-bond donors (Lipinski definition) is 0. The Morgan fingerprint density at radius 2 is 1.61 bits per heavy atom. The highest BCUT2D eigenvalue weighted by molar-refractivity contribution is 5.43. The van der Waals surface area contributed by atoms with Gasteiger partial charge in [-0.05, 0) is 74.2 Å². The van der Waals surface area contributed by atoms with E-state index in [0.717, 1.165) is 55.2 Å². The van der Waals surface area contributed by atoms with E-state index >= 15 is 0 Å². The first kappa shape index (κ1) is 24.6. The normalized spacial score (nSPS) is 13.0. The zero-order valence-corrected chi connectivity index (χ0v) is 19.8. The second-order valence-corrected chi connectivity index (χ2v) is 8.31. The quantitative estimate of drug-likeness (QED) is 0.475. The van der Waals surface area contributed by atoms with Gasteiger partial charge in [-0.1, -0.05) is 32.0 Å². The second kappa shape index (κ2) is 11.6. The molecule has 0 aliphatic heterocycles. The van der Waals surface area contributed by atoms with Gasteiger partial charge in [-0.2, -0.15) is 5.26 Å². The Balaban J connectivity index is 1.95.